The standard InChI is InChI=1S/C7H18O4Si/c1-8-4-6-10-12(3)11-7-5-9-2/h12H,4-7H2,1-3H3/p+1. The summed E-state index contributed by atoms with van der Waals surface area (Å²) in [5.74, 6) is 0. The Bertz CT molecular complexity index is 86.6. The number of ether oxygens (including phenoxy) is 2. The largest absolute Gasteiger partial charge is 1.00 e. The van der Waals surface area contributed by atoms with Crippen LogP contribution in [-0.4, -0.2) is 49.9 Å². The van der Waals surface area contributed by atoms with E-state index in [2.05, 4.69) is 0 Å². The molecule has 0 spiro atoms. The van der Waals surface area contributed by atoms with Gasteiger partial charge < -0.3 is 18.3 Å². The highest BCUT2D eigenvalue weighted by Gasteiger charge is 2.03. The molecular weight excluding hydrogens is 176 g/mol. The summed E-state index contributed by atoms with van der Waals surface area (Å²) in [5, 5.41) is 0. The van der Waals surface area contributed by atoms with Crippen molar-refractivity contribution in [1.29, 1.82) is 0 Å². The smallest absolute Gasteiger partial charge is 0.394 e. The van der Waals surface area contributed by atoms with Gasteiger partial charge in [-0.25, -0.2) is 0 Å². The van der Waals surface area contributed by atoms with Crippen molar-refractivity contribution in [3.05, 3.63) is 0 Å². The third-order valence-electron chi connectivity index (χ3n) is 1.28. The highest BCUT2D eigenvalue weighted by Crippen LogP contribution is 1.88. The second kappa shape index (κ2) is 9.15. The molecule has 0 atom stereocenters. The summed E-state index contributed by atoms with van der Waals surface area (Å²) in [6, 6.07) is 0. The molecule has 0 heterocycles. The van der Waals surface area contributed by atoms with Crippen LogP contribution in [-0.2, 0) is 18.3 Å². The molecule has 0 aromatic heterocycles. The van der Waals surface area contributed by atoms with Gasteiger partial charge in [-0.3, -0.25) is 0 Å². The van der Waals surface area contributed by atoms with Crippen molar-refractivity contribution in [2.75, 3.05) is 40.6 Å². The highest BCUT2D eigenvalue weighted by atomic mass is 28.3. The molecule has 0 aromatic carbocycles. The van der Waals surface area contributed by atoms with E-state index in [-0.39, 0.29) is 1.43 Å². The van der Waals surface area contributed by atoms with E-state index in [1.165, 1.54) is 0 Å². The van der Waals surface area contributed by atoms with Crippen LogP contribution in [0.3, 0.4) is 0 Å². The van der Waals surface area contributed by atoms with E-state index >= 15 is 0 Å². The average Bonchev–Trinajstić information content (AvgIpc) is 2.06. The summed E-state index contributed by atoms with van der Waals surface area (Å²) in [6.45, 7) is 4.50. The van der Waals surface area contributed by atoms with Crippen LogP contribution in [0.1, 0.15) is 1.43 Å². The lowest BCUT2D eigenvalue weighted by atomic mass is 10.8. The van der Waals surface area contributed by atoms with Gasteiger partial charge >= 0.3 is 10.7 Å². The molecule has 0 radical (unpaired) electrons. The lowest BCUT2D eigenvalue weighted by Crippen LogP contribution is -2.22. The van der Waals surface area contributed by atoms with Crippen molar-refractivity contribution < 1.29 is 19.8 Å². The van der Waals surface area contributed by atoms with Crippen molar-refractivity contribution in [2.24, 2.45) is 0 Å². The lowest BCUT2D eigenvalue weighted by Gasteiger charge is -2.11. The maximum absolute atomic E-state index is 5.37. The molecule has 0 unspecified atom stereocenters. The van der Waals surface area contributed by atoms with Crippen molar-refractivity contribution >= 4 is 9.28 Å². The molecule has 0 saturated heterocycles. The lowest BCUT2D eigenvalue weighted by molar-refractivity contribution is 0.102. The fraction of sp³-hybridized carbons (Fsp3) is 1.00. The second-order valence-corrected chi connectivity index (χ2v) is 4.10. The zero-order valence-corrected chi connectivity index (χ0v) is 9.19. The van der Waals surface area contributed by atoms with E-state index in [1.807, 2.05) is 6.55 Å². The zero-order valence-electron chi connectivity index (χ0n) is 9.04. The van der Waals surface area contributed by atoms with Crippen molar-refractivity contribution in [3.63, 3.8) is 0 Å². The van der Waals surface area contributed by atoms with E-state index < -0.39 is 9.28 Å². The number of hydrogen-bond acceptors (Lipinski definition) is 4. The fourth-order valence-electron chi connectivity index (χ4n) is 0.643. The summed E-state index contributed by atoms with van der Waals surface area (Å²) in [6.07, 6.45) is 0. The van der Waals surface area contributed by atoms with Gasteiger partial charge in [-0.15, -0.1) is 0 Å². The molecule has 0 aliphatic heterocycles. The minimum atomic E-state index is -1.43. The maximum atomic E-state index is 5.37. The Morgan fingerprint density at radius 2 is 1.33 bits per heavy atom. The Kier molecular flexibility index (Phi) is 9.19. The first-order valence-electron chi connectivity index (χ1n) is 4.02. The van der Waals surface area contributed by atoms with E-state index in [9.17, 15) is 0 Å². The van der Waals surface area contributed by atoms with Crippen LogP contribution < -0.4 is 0 Å². The first-order chi connectivity index (χ1) is 5.81. The third-order valence-corrected chi connectivity index (χ3v) is 2.69. The Labute approximate surface area is 77.1 Å². The molecule has 74 valence electrons. The first kappa shape index (κ1) is 12.1. The number of rotatable bonds is 8. The van der Waals surface area contributed by atoms with Gasteiger partial charge in [0, 0.05) is 14.2 Å². The van der Waals surface area contributed by atoms with Crippen molar-refractivity contribution in [2.45, 2.75) is 6.55 Å². The molecule has 0 aliphatic carbocycles. The summed E-state index contributed by atoms with van der Waals surface area (Å²) in [4.78, 5) is 0. The number of methoxy groups -OCH3 is 2. The molecule has 0 saturated carbocycles. The summed E-state index contributed by atoms with van der Waals surface area (Å²) >= 11 is 0. The monoisotopic (exact) mass is 195 g/mol. The van der Waals surface area contributed by atoms with E-state index in [0.717, 1.165) is 0 Å². The predicted molar refractivity (Wildman–Crippen MR) is 49.8 cm³/mol. The van der Waals surface area contributed by atoms with Crippen LogP contribution in [0.25, 0.3) is 0 Å². The van der Waals surface area contributed by atoms with Crippen LogP contribution in [0.2, 0.25) is 6.55 Å². The van der Waals surface area contributed by atoms with Gasteiger partial charge in [0.05, 0.1) is 26.4 Å². The fourth-order valence-corrected chi connectivity index (χ4v) is 1.60. The molecule has 12 heavy (non-hydrogen) atoms. The van der Waals surface area contributed by atoms with Gasteiger partial charge in [0.25, 0.3) is 0 Å². The Hall–Kier alpha value is 0.0569. The normalized spacial score (nSPS) is 11.0. The summed E-state index contributed by atoms with van der Waals surface area (Å²) in [7, 11) is 1.88. The molecule has 0 amide bonds. The quantitative estimate of drug-likeness (QED) is 0.412. The van der Waals surface area contributed by atoms with Crippen LogP contribution in [0.4, 0.5) is 0 Å². The molecule has 4 nitrogen and oxygen atoms in total. The SMILES string of the molecule is COCCO[SiH](C)OCCOC.[H+]. The Morgan fingerprint density at radius 1 is 0.917 bits per heavy atom. The van der Waals surface area contributed by atoms with E-state index in [4.69, 9.17) is 18.3 Å². The maximum Gasteiger partial charge on any atom is 1.00 e. The molecule has 5 heteroatoms. The van der Waals surface area contributed by atoms with Gasteiger partial charge in [-0.05, 0) is 6.55 Å². The highest BCUT2D eigenvalue weighted by molar-refractivity contribution is 6.42. The Morgan fingerprint density at radius 3 is 1.67 bits per heavy atom. The topological polar surface area (TPSA) is 36.9 Å². The van der Waals surface area contributed by atoms with Gasteiger partial charge in [-0.2, -0.15) is 0 Å². The van der Waals surface area contributed by atoms with Crippen LogP contribution >= 0.6 is 0 Å². The molecule has 0 aromatic rings. The second-order valence-electron chi connectivity index (χ2n) is 2.29. The molecular formula is C7H19O4Si+. The number of hydrogen-bond donors (Lipinski definition) is 0. The third kappa shape index (κ3) is 8.16. The molecule has 0 N–H and O–H groups in total. The molecule has 0 fully saturated rings. The average molecular weight is 195 g/mol. The van der Waals surface area contributed by atoms with Crippen LogP contribution in [0.5, 0.6) is 0 Å². The van der Waals surface area contributed by atoms with E-state index in [0.29, 0.717) is 26.4 Å². The minimum Gasteiger partial charge on any atom is -0.394 e. The zero-order chi connectivity index (χ0) is 9.23. The van der Waals surface area contributed by atoms with Crippen molar-refractivity contribution in [1.82, 2.24) is 0 Å². The van der Waals surface area contributed by atoms with Crippen LogP contribution in [0.15, 0.2) is 0 Å². The van der Waals surface area contributed by atoms with Gasteiger partial charge in [-0.1, -0.05) is 0 Å². The predicted octanol–water partition coefficient (Wildman–Crippen LogP) is 0.275. The summed E-state index contributed by atoms with van der Waals surface area (Å²) < 4.78 is 20.4. The minimum absolute atomic E-state index is 0. The Balaban J connectivity index is 0. The molecule has 0 bridgehead atoms. The summed E-state index contributed by atoms with van der Waals surface area (Å²) in [5.41, 5.74) is 0. The molecule has 0 aliphatic rings. The van der Waals surface area contributed by atoms with E-state index in [1.54, 1.807) is 14.2 Å². The van der Waals surface area contributed by atoms with Gasteiger partial charge in [0.1, 0.15) is 0 Å². The van der Waals surface area contributed by atoms with Crippen molar-refractivity contribution in [3.8, 4) is 0 Å². The van der Waals surface area contributed by atoms with Crippen LogP contribution in [0, 0.1) is 0 Å². The first-order valence-corrected chi connectivity index (χ1v) is 6.12. The molecule has 0 rings (SSSR count). The van der Waals surface area contributed by atoms with Gasteiger partial charge in [0.2, 0.25) is 0 Å². The van der Waals surface area contributed by atoms with Gasteiger partial charge in [0.15, 0.2) is 0 Å².